The molecular weight excluding hydrogens is 124 g/mol. The topological polar surface area (TPSA) is 40.1 Å². The van der Waals surface area contributed by atoms with E-state index < -0.39 is 0 Å². The zero-order valence-corrected chi connectivity index (χ0v) is 5.03. The van der Waals surface area contributed by atoms with E-state index in [1.807, 2.05) is 0 Å². The van der Waals surface area contributed by atoms with E-state index in [0.29, 0.717) is 11.5 Å². The monoisotopic (exact) mass is 129 g/mol. The smallest absolute Gasteiger partial charge is 0.164 e. The van der Waals surface area contributed by atoms with E-state index in [0.717, 1.165) is 0 Å². The Morgan fingerprint density at radius 2 is 2.38 bits per heavy atom. The lowest BCUT2D eigenvalue weighted by Gasteiger charge is -2.14. The molecule has 0 aliphatic carbocycles. The highest BCUT2D eigenvalue weighted by atomic mass is 32.2. The first-order chi connectivity index (χ1) is 3.79. The van der Waals surface area contributed by atoms with Gasteiger partial charge in [0.05, 0.1) is 5.75 Å². The van der Waals surface area contributed by atoms with Crippen LogP contribution >= 0.6 is 11.8 Å². The average Bonchev–Trinajstić information content (AvgIpc) is 1.64. The molecule has 1 rings (SSSR count). The van der Waals surface area contributed by atoms with Crippen LogP contribution in [0.3, 0.4) is 0 Å². The maximum absolute atomic E-state index is 10.4. The minimum Gasteiger partial charge on any atom is -0.875 e. The van der Waals surface area contributed by atoms with Crippen LogP contribution < -0.4 is 5.11 Å². The molecule has 1 heterocycles. The van der Waals surface area contributed by atoms with Gasteiger partial charge in [-0.05, 0) is 6.08 Å². The lowest BCUT2D eigenvalue weighted by Crippen LogP contribution is -2.15. The highest BCUT2D eigenvalue weighted by Crippen LogP contribution is 2.09. The van der Waals surface area contributed by atoms with Crippen molar-refractivity contribution in [1.82, 2.24) is 0 Å². The fourth-order valence-corrected chi connectivity index (χ4v) is 1.19. The van der Waals surface area contributed by atoms with Gasteiger partial charge in [-0.15, -0.1) is 5.76 Å². The molecule has 0 aromatic carbocycles. The number of carbonyl (C=O) groups is 1. The maximum atomic E-state index is 10.4. The number of allylic oxidation sites excluding steroid dienone is 1. The van der Waals surface area contributed by atoms with Crippen LogP contribution in [0.2, 0.25) is 0 Å². The minimum absolute atomic E-state index is 0.0498. The van der Waals surface area contributed by atoms with Gasteiger partial charge in [-0.1, -0.05) is 0 Å². The van der Waals surface area contributed by atoms with E-state index >= 15 is 0 Å². The molecule has 0 amide bonds. The van der Waals surface area contributed by atoms with E-state index in [4.69, 9.17) is 0 Å². The highest BCUT2D eigenvalue weighted by molar-refractivity contribution is 8.00. The fourth-order valence-electron chi connectivity index (χ4n) is 0.515. The fraction of sp³-hybridized carbons (Fsp3) is 0.400. The molecule has 0 fully saturated rings. The van der Waals surface area contributed by atoms with Gasteiger partial charge in [0.2, 0.25) is 0 Å². The standard InChI is InChI=1S/C5H6O2S/c6-4-1-5(7)3-8-2-4/h1,6H,2-3H2/p-1. The van der Waals surface area contributed by atoms with Gasteiger partial charge in [-0.25, -0.2) is 0 Å². The van der Waals surface area contributed by atoms with Crippen LogP contribution in [0.4, 0.5) is 0 Å². The molecule has 0 N–H and O–H groups in total. The number of hydrogen-bond donors (Lipinski definition) is 0. The first-order valence-corrected chi connectivity index (χ1v) is 3.42. The van der Waals surface area contributed by atoms with Crippen LogP contribution in [0.15, 0.2) is 11.8 Å². The lowest BCUT2D eigenvalue weighted by molar-refractivity contribution is -0.300. The van der Waals surface area contributed by atoms with Crippen LogP contribution in [0.5, 0.6) is 0 Å². The Hall–Kier alpha value is -0.440. The number of thioether (sulfide) groups is 1. The van der Waals surface area contributed by atoms with Gasteiger partial charge in [-0.2, -0.15) is 11.8 Å². The van der Waals surface area contributed by atoms with Crippen molar-refractivity contribution in [3.8, 4) is 0 Å². The molecule has 0 aromatic rings. The Morgan fingerprint density at radius 1 is 1.62 bits per heavy atom. The Morgan fingerprint density at radius 3 is 2.75 bits per heavy atom. The maximum Gasteiger partial charge on any atom is 0.164 e. The molecule has 1 aliphatic rings. The van der Waals surface area contributed by atoms with Crippen molar-refractivity contribution in [2.24, 2.45) is 0 Å². The van der Waals surface area contributed by atoms with Crippen molar-refractivity contribution in [3.63, 3.8) is 0 Å². The highest BCUT2D eigenvalue weighted by Gasteiger charge is 2.01. The number of hydrogen-bond acceptors (Lipinski definition) is 3. The second kappa shape index (κ2) is 2.22. The Balaban J connectivity index is 2.64. The summed E-state index contributed by atoms with van der Waals surface area (Å²) in [5, 5.41) is 10.4. The van der Waals surface area contributed by atoms with Gasteiger partial charge in [0.15, 0.2) is 5.78 Å². The second-order valence-electron chi connectivity index (χ2n) is 1.57. The normalized spacial score (nSPS) is 20.5. The SMILES string of the molecule is O=C1C=C([O-])CSC1. The van der Waals surface area contributed by atoms with Crippen LogP contribution in [0, 0.1) is 0 Å². The van der Waals surface area contributed by atoms with Crippen LogP contribution in [-0.2, 0) is 4.79 Å². The zero-order valence-electron chi connectivity index (χ0n) is 4.22. The average molecular weight is 129 g/mol. The molecule has 0 atom stereocenters. The van der Waals surface area contributed by atoms with Crippen molar-refractivity contribution in [2.75, 3.05) is 11.5 Å². The third-order valence-corrected chi connectivity index (χ3v) is 1.79. The molecule has 8 heavy (non-hydrogen) atoms. The van der Waals surface area contributed by atoms with Gasteiger partial charge in [-0.3, -0.25) is 4.79 Å². The Labute approximate surface area is 51.6 Å². The van der Waals surface area contributed by atoms with Crippen LogP contribution in [0.1, 0.15) is 0 Å². The molecule has 0 spiro atoms. The van der Waals surface area contributed by atoms with Gasteiger partial charge in [0.25, 0.3) is 0 Å². The molecule has 0 bridgehead atoms. The van der Waals surface area contributed by atoms with E-state index in [9.17, 15) is 9.90 Å². The Bertz CT molecular complexity index is 139. The summed E-state index contributed by atoms with van der Waals surface area (Å²) in [4.78, 5) is 10.4. The molecule has 0 saturated heterocycles. The van der Waals surface area contributed by atoms with E-state index in [1.54, 1.807) is 0 Å². The molecule has 44 valence electrons. The summed E-state index contributed by atoms with van der Waals surface area (Å²) < 4.78 is 0. The van der Waals surface area contributed by atoms with Crippen molar-refractivity contribution in [1.29, 1.82) is 0 Å². The summed E-state index contributed by atoms with van der Waals surface area (Å²) in [6.45, 7) is 0. The van der Waals surface area contributed by atoms with E-state index in [2.05, 4.69) is 0 Å². The summed E-state index contributed by atoms with van der Waals surface area (Å²) in [5.74, 6) is 0.856. The van der Waals surface area contributed by atoms with Gasteiger partial charge in [0, 0.05) is 5.75 Å². The first kappa shape index (κ1) is 5.69. The summed E-state index contributed by atoms with van der Waals surface area (Å²) >= 11 is 1.38. The first-order valence-electron chi connectivity index (χ1n) is 2.27. The summed E-state index contributed by atoms with van der Waals surface area (Å²) in [5.41, 5.74) is 0. The van der Waals surface area contributed by atoms with Crippen LogP contribution in [0.25, 0.3) is 0 Å². The molecule has 1 aliphatic heterocycles. The zero-order chi connectivity index (χ0) is 5.98. The third-order valence-electron chi connectivity index (χ3n) is 0.811. The summed E-state index contributed by atoms with van der Waals surface area (Å²) in [6, 6.07) is 0. The molecule has 0 saturated carbocycles. The molecular formula is C5H5O2S-. The third kappa shape index (κ3) is 1.26. The van der Waals surface area contributed by atoms with Crippen molar-refractivity contribution in [2.45, 2.75) is 0 Å². The molecule has 2 nitrogen and oxygen atoms in total. The lowest BCUT2D eigenvalue weighted by atomic mass is 10.4. The number of ketones is 1. The summed E-state index contributed by atoms with van der Waals surface area (Å²) in [7, 11) is 0. The van der Waals surface area contributed by atoms with E-state index in [1.165, 1.54) is 17.8 Å². The van der Waals surface area contributed by atoms with Gasteiger partial charge < -0.3 is 5.11 Å². The molecule has 0 radical (unpaired) electrons. The van der Waals surface area contributed by atoms with Crippen LogP contribution in [-0.4, -0.2) is 17.3 Å². The minimum atomic E-state index is -0.0498. The number of carbonyl (C=O) groups excluding carboxylic acids is 1. The molecule has 0 aromatic heterocycles. The molecule has 3 heteroatoms. The van der Waals surface area contributed by atoms with Gasteiger partial charge >= 0.3 is 0 Å². The predicted octanol–water partition coefficient (Wildman–Crippen LogP) is -0.454. The van der Waals surface area contributed by atoms with Gasteiger partial charge in [0.1, 0.15) is 0 Å². The van der Waals surface area contributed by atoms with Crippen molar-refractivity contribution < 1.29 is 9.90 Å². The number of rotatable bonds is 0. The van der Waals surface area contributed by atoms with Crippen molar-refractivity contribution in [3.05, 3.63) is 11.8 Å². The van der Waals surface area contributed by atoms with Crippen molar-refractivity contribution >= 4 is 17.5 Å². The summed E-state index contributed by atoms with van der Waals surface area (Å²) in [6.07, 6.45) is 1.18. The predicted molar refractivity (Wildman–Crippen MR) is 30.4 cm³/mol. The Kier molecular flexibility index (Phi) is 1.58. The second-order valence-corrected chi connectivity index (χ2v) is 2.56. The quantitative estimate of drug-likeness (QED) is 0.444. The molecule has 0 unspecified atom stereocenters. The largest absolute Gasteiger partial charge is 0.875 e. The van der Waals surface area contributed by atoms with E-state index in [-0.39, 0.29) is 11.5 Å².